The van der Waals surface area contributed by atoms with Crippen LogP contribution in [0.3, 0.4) is 0 Å². The van der Waals surface area contributed by atoms with E-state index in [1.54, 1.807) is 6.08 Å². The highest BCUT2D eigenvalue weighted by atomic mass is 35.5. The number of rotatable bonds is 5. The van der Waals surface area contributed by atoms with E-state index < -0.39 is 0 Å². The SMILES string of the molecule is CC[C@H](NC(=O)/C=C/c1ccccc1Cl)c1ccc(C)cc1C. The van der Waals surface area contributed by atoms with Crippen molar-refractivity contribution in [3.8, 4) is 0 Å². The number of hydrogen-bond donors (Lipinski definition) is 1. The summed E-state index contributed by atoms with van der Waals surface area (Å²) in [7, 11) is 0. The fraction of sp³-hybridized carbons (Fsp3) is 0.250. The van der Waals surface area contributed by atoms with Gasteiger partial charge in [0.2, 0.25) is 5.91 Å². The molecule has 120 valence electrons. The van der Waals surface area contributed by atoms with Gasteiger partial charge in [-0.2, -0.15) is 0 Å². The summed E-state index contributed by atoms with van der Waals surface area (Å²) in [6.45, 7) is 6.22. The highest BCUT2D eigenvalue weighted by Crippen LogP contribution is 2.22. The molecule has 2 aromatic rings. The molecule has 0 aliphatic carbocycles. The van der Waals surface area contributed by atoms with Crippen molar-refractivity contribution < 1.29 is 4.79 Å². The van der Waals surface area contributed by atoms with Crippen LogP contribution in [0.1, 0.15) is 41.6 Å². The summed E-state index contributed by atoms with van der Waals surface area (Å²) in [5, 5.41) is 3.70. The third-order valence-corrected chi connectivity index (χ3v) is 4.19. The lowest BCUT2D eigenvalue weighted by atomic mass is 9.97. The van der Waals surface area contributed by atoms with Gasteiger partial charge in [-0.05, 0) is 49.1 Å². The summed E-state index contributed by atoms with van der Waals surface area (Å²) in [4.78, 5) is 12.2. The fourth-order valence-corrected chi connectivity index (χ4v) is 2.81. The number of nitrogens with one attached hydrogen (secondary N) is 1. The Bertz CT molecular complexity index is 721. The number of halogens is 1. The number of benzene rings is 2. The molecule has 2 nitrogen and oxygen atoms in total. The van der Waals surface area contributed by atoms with Crippen LogP contribution in [0, 0.1) is 13.8 Å². The van der Waals surface area contributed by atoms with Crippen LogP contribution < -0.4 is 5.32 Å². The topological polar surface area (TPSA) is 29.1 Å². The molecule has 1 amide bonds. The van der Waals surface area contributed by atoms with E-state index in [-0.39, 0.29) is 11.9 Å². The second kappa shape index (κ2) is 7.98. The van der Waals surface area contributed by atoms with Crippen LogP contribution in [0.5, 0.6) is 0 Å². The van der Waals surface area contributed by atoms with Crippen LogP contribution in [0.25, 0.3) is 6.08 Å². The van der Waals surface area contributed by atoms with E-state index in [1.807, 2.05) is 24.3 Å². The zero-order chi connectivity index (χ0) is 16.8. The van der Waals surface area contributed by atoms with E-state index >= 15 is 0 Å². The van der Waals surface area contributed by atoms with Crippen molar-refractivity contribution in [2.24, 2.45) is 0 Å². The van der Waals surface area contributed by atoms with Gasteiger partial charge < -0.3 is 5.32 Å². The Balaban J connectivity index is 2.09. The van der Waals surface area contributed by atoms with Gasteiger partial charge in [0.05, 0.1) is 6.04 Å². The summed E-state index contributed by atoms with van der Waals surface area (Å²) in [6.07, 6.45) is 4.12. The molecule has 0 radical (unpaired) electrons. The van der Waals surface area contributed by atoms with Crippen LogP contribution in [-0.2, 0) is 4.79 Å². The largest absolute Gasteiger partial charge is 0.346 e. The third kappa shape index (κ3) is 4.70. The van der Waals surface area contributed by atoms with Crippen LogP contribution in [0.15, 0.2) is 48.5 Å². The number of carbonyl (C=O) groups is 1. The first-order chi connectivity index (χ1) is 11.0. The van der Waals surface area contributed by atoms with Crippen molar-refractivity contribution in [2.45, 2.75) is 33.2 Å². The van der Waals surface area contributed by atoms with E-state index in [2.05, 4.69) is 44.3 Å². The molecule has 0 aromatic heterocycles. The van der Waals surface area contributed by atoms with Crippen molar-refractivity contribution in [3.05, 3.63) is 75.8 Å². The van der Waals surface area contributed by atoms with Crippen LogP contribution in [-0.4, -0.2) is 5.91 Å². The van der Waals surface area contributed by atoms with Crippen LogP contribution in [0.2, 0.25) is 5.02 Å². The van der Waals surface area contributed by atoms with Crippen molar-refractivity contribution in [1.29, 1.82) is 0 Å². The molecule has 0 saturated carbocycles. The van der Waals surface area contributed by atoms with Gasteiger partial charge in [0.1, 0.15) is 0 Å². The van der Waals surface area contributed by atoms with Gasteiger partial charge in [-0.15, -0.1) is 0 Å². The fourth-order valence-electron chi connectivity index (χ4n) is 2.61. The molecular weight excluding hydrogens is 306 g/mol. The van der Waals surface area contributed by atoms with E-state index in [4.69, 9.17) is 11.6 Å². The Labute approximate surface area is 143 Å². The minimum Gasteiger partial charge on any atom is -0.346 e. The molecule has 2 aromatic carbocycles. The Morgan fingerprint density at radius 3 is 2.61 bits per heavy atom. The molecule has 0 heterocycles. The Morgan fingerprint density at radius 1 is 1.22 bits per heavy atom. The maximum Gasteiger partial charge on any atom is 0.244 e. The molecule has 1 atom stereocenters. The lowest BCUT2D eigenvalue weighted by Gasteiger charge is -2.19. The normalized spacial score (nSPS) is 12.3. The smallest absolute Gasteiger partial charge is 0.244 e. The first kappa shape index (κ1) is 17.3. The maximum atomic E-state index is 12.2. The number of hydrogen-bond acceptors (Lipinski definition) is 1. The first-order valence-corrected chi connectivity index (χ1v) is 8.19. The summed E-state index contributed by atoms with van der Waals surface area (Å²) in [5.74, 6) is -0.114. The first-order valence-electron chi connectivity index (χ1n) is 7.81. The molecule has 0 bridgehead atoms. The highest BCUT2D eigenvalue weighted by Gasteiger charge is 2.13. The van der Waals surface area contributed by atoms with Crippen LogP contribution in [0.4, 0.5) is 0 Å². The van der Waals surface area contributed by atoms with Gasteiger partial charge >= 0.3 is 0 Å². The molecule has 3 heteroatoms. The molecule has 2 rings (SSSR count). The van der Waals surface area contributed by atoms with Crippen molar-refractivity contribution >= 4 is 23.6 Å². The Morgan fingerprint density at radius 2 is 1.96 bits per heavy atom. The molecule has 0 saturated heterocycles. The molecule has 0 aliphatic rings. The zero-order valence-electron chi connectivity index (χ0n) is 13.8. The van der Waals surface area contributed by atoms with E-state index in [1.165, 1.54) is 17.2 Å². The molecule has 0 spiro atoms. The quantitative estimate of drug-likeness (QED) is 0.748. The van der Waals surface area contributed by atoms with Crippen LogP contribution >= 0.6 is 11.6 Å². The van der Waals surface area contributed by atoms with Crippen molar-refractivity contribution in [2.75, 3.05) is 0 Å². The van der Waals surface area contributed by atoms with Gasteiger partial charge in [-0.1, -0.05) is 60.5 Å². The zero-order valence-corrected chi connectivity index (χ0v) is 14.5. The average Bonchev–Trinajstić information content (AvgIpc) is 2.52. The lowest BCUT2D eigenvalue weighted by molar-refractivity contribution is -0.117. The minimum atomic E-state index is -0.114. The van der Waals surface area contributed by atoms with Gasteiger partial charge in [0.25, 0.3) is 0 Å². The molecule has 0 aliphatic heterocycles. The van der Waals surface area contributed by atoms with Gasteiger partial charge in [-0.25, -0.2) is 0 Å². The molecular formula is C20H22ClNO. The maximum absolute atomic E-state index is 12.2. The minimum absolute atomic E-state index is 0.0130. The second-order valence-electron chi connectivity index (χ2n) is 5.68. The Kier molecular flexibility index (Phi) is 6.00. The molecule has 0 unspecified atom stereocenters. The molecule has 0 fully saturated rings. The van der Waals surface area contributed by atoms with E-state index in [0.717, 1.165) is 17.5 Å². The number of carbonyl (C=O) groups excluding carboxylic acids is 1. The van der Waals surface area contributed by atoms with E-state index in [0.29, 0.717) is 5.02 Å². The third-order valence-electron chi connectivity index (χ3n) is 3.84. The summed E-state index contributed by atoms with van der Waals surface area (Å²) in [5.41, 5.74) is 4.43. The average molecular weight is 328 g/mol. The summed E-state index contributed by atoms with van der Waals surface area (Å²) >= 11 is 6.09. The number of amides is 1. The lowest BCUT2D eigenvalue weighted by Crippen LogP contribution is -2.26. The molecule has 1 N–H and O–H groups in total. The predicted molar refractivity (Wildman–Crippen MR) is 97.6 cm³/mol. The molecule has 23 heavy (non-hydrogen) atoms. The number of aryl methyl sites for hydroxylation is 2. The Hall–Kier alpha value is -2.06. The predicted octanol–water partition coefficient (Wildman–Crippen LogP) is 5.24. The monoisotopic (exact) mass is 327 g/mol. The van der Waals surface area contributed by atoms with Gasteiger partial charge in [0, 0.05) is 11.1 Å². The summed E-state index contributed by atoms with van der Waals surface area (Å²) in [6, 6.07) is 13.8. The summed E-state index contributed by atoms with van der Waals surface area (Å²) < 4.78 is 0. The highest BCUT2D eigenvalue weighted by molar-refractivity contribution is 6.32. The van der Waals surface area contributed by atoms with Crippen molar-refractivity contribution in [3.63, 3.8) is 0 Å². The second-order valence-corrected chi connectivity index (χ2v) is 6.09. The van der Waals surface area contributed by atoms with E-state index in [9.17, 15) is 4.79 Å². The van der Waals surface area contributed by atoms with Gasteiger partial charge in [-0.3, -0.25) is 4.79 Å². The van der Waals surface area contributed by atoms with Gasteiger partial charge in [0.15, 0.2) is 0 Å². The van der Waals surface area contributed by atoms with Crippen molar-refractivity contribution in [1.82, 2.24) is 5.32 Å². The standard InChI is InChI=1S/C20H22ClNO/c1-4-19(17-11-9-14(2)13-15(17)3)22-20(23)12-10-16-7-5-6-8-18(16)21/h5-13,19H,4H2,1-3H3,(H,22,23)/b12-10+/t19-/m0/s1.